The summed E-state index contributed by atoms with van der Waals surface area (Å²) >= 11 is 7.22. The highest BCUT2D eigenvalue weighted by molar-refractivity contribution is 7.17. The Kier molecular flexibility index (Phi) is 5.42. The number of carbonyl (C=O) groups is 2. The Morgan fingerprint density at radius 2 is 1.80 bits per heavy atom. The Labute approximate surface area is 158 Å². The second kappa shape index (κ2) is 7.25. The van der Waals surface area contributed by atoms with Crippen molar-refractivity contribution in [3.05, 3.63) is 21.3 Å². The van der Waals surface area contributed by atoms with E-state index in [4.69, 9.17) is 17.3 Å². The highest BCUT2D eigenvalue weighted by Crippen LogP contribution is 2.31. The van der Waals surface area contributed by atoms with Crippen molar-refractivity contribution < 1.29 is 9.59 Å². The molecule has 0 bridgehead atoms. The molecule has 0 saturated carbocycles. The van der Waals surface area contributed by atoms with E-state index in [-0.39, 0.29) is 29.2 Å². The molecule has 2 amide bonds. The molecule has 2 saturated heterocycles. The number of nitrogens with zero attached hydrogens (tertiary/aromatic N) is 2. The van der Waals surface area contributed by atoms with Gasteiger partial charge in [-0.05, 0) is 36.8 Å². The minimum atomic E-state index is -0.0387. The summed E-state index contributed by atoms with van der Waals surface area (Å²) in [5.74, 6) is 0.264. The number of hydrogen-bond acceptors (Lipinski definition) is 4. The Bertz CT molecular complexity index is 653. The molecule has 3 heterocycles. The summed E-state index contributed by atoms with van der Waals surface area (Å²) in [5, 5.41) is 0. The third-order valence-corrected chi connectivity index (χ3v) is 6.76. The number of carbonyl (C=O) groups excluding carboxylic acids is 2. The first-order valence-corrected chi connectivity index (χ1v) is 10.1. The van der Waals surface area contributed by atoms with Crippen LogP contribution in [0.3, 0.4) is 0 Å². The van der Waals surface area contributed by atoms with Gasteiger partial charge in [-0.3, -0.25) is 9.59 Å². The number of nitrogens with two attached hydrogens (primary N) is 1. The van der Waals surface area contributed by atoms with Crippen LogP contribution >= 0.6 is 22.9 Å². The zero-order valence-corrected chi connectivity index (χ0v) is 16.4. The number of hydrogen-bond donors (Lipinski definition) is 1. The number of piperidine rings is 2. The normalized spacial score (nSPS) is 24.4. The van der Waals surface area contributed by atoms with Crippen LogP contribution in [0.25, 0.3) is 0 Å². The van der Waals surface area contributed by atoms with Crippen LogP contribution in [0.1, 0.15) is 42.8 Å². The zero-order chi connectivity index (χ0) is 18.2. The van der Waals surface area contributed by atoms with E-state index < -0.39 is 0 Å². The molecule has 7 heteroatoms. The fourth-order valence-corrected chi connectivity index (χ4v) is 4.75. The Balaban J connectivity index is 1.55. The fraction of sp³-hybridized carbons (Fsp3) is 0.667. The summed E-state index contributed by atoms with van der Waals surface area (Å²) in [5.41, 5.74) is 6.13. The van der Waals surface area contributed by atoms with Crippen molar-refractivity contribution in [2.75, 3.05) is 26.2 Å². The quantitative estimate of drug-likeness (QED) is 0.853. The fourth-order valence-electron chi connectivity index (χ4n) is 3.73. The third kappa shape index (κ3) is 4.01. The molecule has 5 nitrogen and oxygen atoms in total. The average molecular weight is 384 g/mol. The minimum absolute atomic E-state index is 0.0149. The van der Waals surface area contributed by atoms with E-state index in [0.717, 1.165) is 32.4 Å². The van der Waals surface area contributed by atoms with Crippen LogP contribution in [0.4, 0.5) is 0 Å². The van der Waals surface area contributed by atoms with Gasteiger partial charge in [0.05, 0.1) is 9.21 Å². The van der Waals surface area contributed by atoms with E-state index in [1.165, 1.54) is 11.3 Å². The van der Waals surface area contributed by atoms with Crippen molar-refractivity contribution in [3.63, 3.8) is 0 Å². The highest BCUT2D eigenvalue weighted by Gasteiger charge is 2.38. The van der Waals surface area contributed by atoms with Gasteiger partial charge in [0.25, 0.3) is 5.91 Å². The number of likely N-dealkylation sites (tertiary alicyclic amines) is 2. The lowest BCUT2D eigenvalue weighted by Gasteiger charge is -2.44. The van der Waals surface area contributed by atoms with Crippen LogP contribution in [0.2, 0.25) is 4.34 Å². The molecule has 0 aromatic carbocycles. The van der Waals surface area contributed by atoms with Crippen molar-refractivity contribution in [3.8, 4) is 0 Å². The van der Waals surface area contributed by atoms with E-state index in [0.29, 0.717) is 22.3 Å². The van der Waals surface area contributed by atoms with Crippen LogP contribution in [0.5, 0.6) is 0 Å². The van der Waals surface area contributed by atoms with E-state index in [1.54, 1.807) is 12.1 Å². The lowest BCUT2D eigenvalue weighted by atomic mass is 9.79. The first-order chi connectivity index (χ1) is 11.8. The summed E-state index contributed by atoms with van der Waals surface area (Å²) in [6.45, 7) is 6.98. The maximum atomic E-state index is 12.9. The van der Waals surface area contributed by atoms with Crippen molar-refractivity contribution >= 4 is 34.8 Å². The van der Waals surface area contributed by atoms with Gasteiger partial charge in [0.2, 0.25) is 5.91 Å². The van der Waals surface area contributed by atoms with Crippen LogP contribution in [0.15, 0.2) is 12.1 Å². The molecule has 0 spiro atoms. The molecule has 1 aromatic heterocycles. The number of amides is 2. The second-order valence-corrected chi connectivity index (χ2v) is 9.53. The molecule has 1 atom stereocenters. The second-order valence-electron chi connectivity index (χ2n) is 7.81. The molecule has 0 aliphatic carbocycles. The van der Waals surface area contributed by atoms with Gasteiger partial charge in [-0.2, -0.15) is 0 Å². The third-order valence-electron chi connectivity index (χ3n) is 5.54. The smallest absolute Gasteiger partial charge is 0.263 e. The van der Waals surface area contributed by atoms with E-state index in [9.17, 15) is 9.59 Å². The summed E-state index contributed by atoms with van der Waals surface area (Å²) in [6.07, 6.45) is 2.31. The van der Waals surface area contributed by atoms with Crippen molar-refractivity contribution in [1.29, 1.82) is 0 Å². The summed E-state index contributed by atoms with van der Waals surface area (Å²) in [6, 6.07) is 3.66. The summed E-state index contributed by atoms with van der Waals surface area (Å²) in [4.78, 5) is 29.8. The molecule has 0 radical (unpaired) electrons. The van der Waals surface area contributed by atoms with Gasteiger partial charge in [-0.25, -0.2) is 0 Å². The van der Waals surface area contributed by atoms with Gasteiger partial charge < -0.3 is 15.5 Å². The molecule has 138 valence electrons. The van der Waals surface area contributed by atoms with E-state index in [1.807, 2.05) is 9.80 Å². The number of halogens is 1. The van der Waals surface area contributed by atoms with Gasteiger partial charge >= 0.3 is 0 Å². The molecule has 2 fully saturated rings. The molecule has 1 aromatic rings. The highest BCUT2D eigenvalue weighted by atomic mass is 35.5. The first-order valence-electron chi connectivity index (χ1n) is 8.87. The molecule has 1 unspecified atom stereocenters. The lowest BCUT2D eigenvalue weighted by molar-refractivity contribution is -0.140. The summed E-state index contributed by atoms with van der Waals surface area (Å²) < 4.78 is 0.624. The van der Waals surface area contributed by atoms with Gasteiger partial charge in [0.15, 0.2) is 0 Å². The van der Waals surface area contributed by atoms with Gasteiger partial charge in [-0.15, -0.1) is 11.3 Å². The average Bonchev–Trinajstić information content (AvgIpc) is 3.02. The van der Waals surface area contributed by atoms with Crippen molar-refractivity contribution in [1.82, 2.24) is 9.80 Å². The maximum absolute atomic E-state index is 12.9. The lowest BCUT2D eigenvalue weighted by Crippen LogP contribution is -2.55. The van der Waals surface area contributed by atoms with Gasteiger partial charge in [-0.1, -0.05) is 25.4 Å². The van der Waals surface area contributed by atoms with E-state index in [2.05, 4.69) is 13.8 Å². The molecule has 2 aliphatic rings. The first kappa shape index (κ1) is 18.7. The SMILES string of the molecule is CC1(C)CN(C(=O)C2CCN(C(=O)c3ccc(Cl)s3)CC2)CCC1N. The Morgan fingerprint density at radius 3 is 2.36 bits per heavy atom. The molecular formula is C18H26ClN3O2S. The van der Waals surface area contributed by atoms with Gasteiger partial charge in [0.1, 0.15) is 0 Å². The van der Waals surface area contributed by atoms with Crippen LogP contribution in [-0.2, 0) is 4.79 Å². The van der Waals surface area contributed by atoms with Gasteiger partial charge in [0, 0.05) is 38.1 Å². The Morgan fingerprint density at radius 1 is 1.16 bits per heavy atom. The predicted molar refractivity (Wildman–Crippen MR) is 101 cm³/mol. The van der Waals surface area contributed by atoms with Crippen molar-refractivity contribution in [2.24, 2.45) is 17.1 Å². The minimum Gasteiger partial charge on any atom is -0.342 e. The van der Waals surface area contributed by atoms with E-state index >= 15 is 0 Å². The molecule has 3 rings (SSSR count). The number of rotatable bonds is 2. The molecule has 2 aliphatic heterocycles. The molecule has 2 N–H and O–H groups in total. The standard InChI is InChI=1S/C18H26ClN3O2S/c1-18(2)11-22(10-7-14(18)20)16(23)12-5-8-21(9-6-12)17(24)13-3-4-15(19)25-13/h3-4,12,14H,5-11,20H2,1-2H3. The Hall–Kier alpha value is -1.11. The van der Waals surface area contributed by atoms with Crippen LogP contribution in [0, 0.1) is 11.3 Å². The maximum Gasteiger partial charge on any atom is 0.263 e. The summed E-state index contributed by atoms with van der Waals surface area (Å²) in [7, 11) is 0. The van der Waals surface area contributed by atoms with Crippen LogP contribution < -0.4 is 5.73 Å². The zero-order valence-electron chi connectivity index (χ0n) is 14.8. The largest absolute Gasteiger partial charge is 0.342 e. The molecular weight excluding hydrogens is 358 g/mol. The van der Waals surface area contributed by atoms with Crippen LogP contribution in [-0.4, -0.2) is 53.8 Å². The monoisotopic (exact) mass is 383 g/mol. The predicted octanol–water partition coefficient (Wildman–Crippen LogP) is 2.84. The van der Waals surface area contributed by atoms with Crippen molar-refractivity contribution in [2.45, 2.75) is 39.2 Å². The molecule has 25 heavy (non-hydrogen) atoms. The number of thiophene rings is 1. The topological polar surface area (TPSA) is 66.6 Å².